The minimum atomic E-state index is -3.53. The van der Waals surface area contributed by atoms with Gasteiger partial charge < -0.3 is 10.2 Å². The Hall–Kier alpha value is -2.87. The molecular formula is C29H41N3O4S. The molecule has 0 heterocycles. The summed E-state index contributed by atoms with van der Waals surface area (Å²) in [5.41, 5.74) is 3.50. The molecule has 0 spiro atoms. The van der Waals surface area contributed by atoms with E-state index in [9.17, 15) is 18.0 Å². The van der Waals surface area contributed by atoms with E-state index in [2.05, 4.69) is 5.32 Å². The lowest BCUT2D eigenvalue weighted by atomic mass is 10.1. The van der Waals surface area contributed by atoms with Crippen LogP contribution in [-0.2, 0) is 26.2 Å². The fraction of sp³-hybridized carbons (Fsp3) is 0.517. The van der Waals surface area contributed by atoms with Crippen LogP contribution in [0, 0.1) is 13.8 Å². The van der Waals surface area contributed by atoms with E-state index < -0.39 is 16.1 Å². The lowest BCUT2D eigenvalue weighted by Crippen LogP contribution is -2.51. The Morgan fingerprint density at radius 3 is 2.32 bits per heavy atom. The van der Waals surface area contributed by atoms with Crippen LogP contribution >= 0.6 is 0 Å². The first-order valence-electron chi connectivity index (χ1n) is 13.3. The Morgan fingerprint density at radius 1 is 1.03 bits per heavy atom. The number of rotatable bonds is 12. The first-order valence-corrected chi connectivity index (χ1v) is 15.1. The number of amides is 2. The average Bonchev–Trinajstić information content (AvgIpc) is 3.36. The first-order chi connectivity index (χ1) is 17.6. The summed E-state index contributed by atoms with van der Waals surface area (Å²) < 4.78 is 26.6. The number of nitrogens with zero attached hydrogens (tertiary/aromatic N) is 2. The van der Waals surface area contributed by atoms with E-state index in [0.29, 0.717) is 25.1 Å². The Morgan fingerprint density at radius 2 is 1.70 bits per heavy atom. The molecule has 0 bridgehead atoms. The Kier molecular flexibility index (Phi) is 10.1. The van der Waals surface area contributed by atoms with Gasteiger partial charge in [0, 0.05) is 25.6 Å². The van der Waals surface area contributed by atoms with Crippen LogP contribution in [0.1, 0.15) is 68.6 Å². The topological polar surface area (TPSA) is 86.8 Å². The molecule has 7 nitrogen and oxygen atoms in total. The second-order valence-electron chi connectivity index (χ2n) is 10.1. The molecule has 0 unspecified atom stereocenters. The minimum absolute atomic E-state index is 0.105. The predicted octanol–water partition coefficient (Wildman–Crippen LogP) is 4.72. The Bertz CT molecular complexity index is 1160. The molecule has 3 rings (SSSR count). The molecule has 37 heavy (non-hydrogen) atoms. The molecule has 1 N–H and O–H groups in total. The number of carbonyl (C=O) groups excluding carboxylic acids is 2. The fourth-order valence-electron chi connectivity index (χ4n) is 5.06. The largest absolute Gasteiger partial charge is 0.352 e. The molecule has 1 aliphatic carbocycles. The van der Waals surface area contributed by atoms with Gasteiger partial charge in [0.05, 0.1) is 11.9 Å². The van der Waals surface area contributed by atoms with E-state index in [1.54, 1.807) is 11.0 Å². The molecule has 2 aromatic rings. The maximum Gasteiger partial charge on any atom is 0.243 e. The number of carbonyl (C=O) groups is 2. The number of aryl methyl sites for hydroxylation is 1. The third-order valence-corrected chi connectivity index (χ3v) is 8.46. The lowest BCUT2D eigenvalue weighted by Gasteiger charge is -2.32. The third kappa shape index (κ3) is 7.81. The highest BCUT2D eigenvalue weighted by molar-refractivity contribution is 7.92. The number of hydrogen-bond donors (Lipinski definition) is 1. The highest BCUT2D eigenvalue weighted by atomic mass is 32.2. The van der Waals surface area contributed by atoms with Crippen molar-refractivity contribution < 1.29 is 18.0 Å². The summed E-state index contributed by atoms with van der Waals surface area (Å²) >= 11 is 0. The van der Waals surface area contributed by atoms with E-state index in [0.717, 1.165) is 42.4 Å². The zero-order valence-electron chi connectivity index (χ0n) is 22.6. The van der Waals surface area contributed by atoms with Crippen molar-refractivity contribution in [1.29, 1.82) is 0 Å². The van der Waals surface area contributed by atoms with Crippen LogP contribution in [0.5, 0.6) is 0 Å². The molecule has 1 atom stereocenters. The summed E-state index contributed by atoms with van der Waals surface area (Å²) in [5, 5.41) is 3.16. The monoisotopic (exact) mass is 527 g/mol. The van der Waals surface area contributed by atoms with Gasteiger partial charge in [0.1, 0.15) is 6.04 Å². The molecule has 1 saturated carbocycles. The van der Waals surface area contributed by atoms with Crippen LogP contribution in [0.2, 0.25) is 0 Å². The van der Waals surface area contributed by atoms with Crippen LogP contribution in [0.3, 0.4) is 0 Å². The zero-order chi connectivity index (χ0) is 27.0. The quantitative estimate of drug-likeness (QED) is 0.433. The van der Waals surface area contributed by atoms with Gasteiger partial charge in [-0.05, 0) is 62.3 Å². The van der Waals surface area contributed by atoms with Gasteiger partial charge in [-0.3, -0.25) is 13.9 Å². The molecule has 1 fully saturated rings. The zero-order valence-corrected chi connectivity index (χ0v) is 23.4. The normalized spacial score (nSPS) is 14.8. The summed E-state index contributed by atoms with van der Waals surface area (Å²) in [4.78, 5) is 28.5. The summed E-state index contributed by atoms with van der Waals surface area (Å²) in [6, 6.07) is 14.9. The second kappa shape index (κ2) is 13.1. The molecular weight excluding hydrogens is 486 g/mol. The molecule has 0 aliphatic heterocycles. The molecule has 0 aromatic heterocycles. The van der Waals surface area contributed by atoms with Gasteiger partial charge in [-0.2, -0.15) is 0 Å². The minimum Gasteiger partial charge on any atom is -0.352 e. The number of anilines is 1. The summed E-state index contributed by atoms with van der Waals surface area (Å²) in [5.74, 6) is -0.251. The SMILES string of the molecule is CC[C@H](C(=O)NC1CCCC1)N(Cc1ccccc1)C(=O)CCCN(c1cccc(C)c1C)S(C)(=O)=O. The van der Waals surface area contributed by atoms with Crippen molar-refractivity contribution >= 4 is 27.5 Å². The molecule has 2 aromatic carbocycles. The van der Waals surface area contributed by atoms with Gasteiger partial charge in [-0.25, -0.2) is 8.42 Å². The molecule has 8 heteroatoms. The maximum atomic E-state index is 13.6. The van der Waals surface area contributed by atoms with Crippen molar-refractivity contribution in [2.24, 2.45) is 0 Å². The molecule has 0 radical (unpaired) electrons. The van der Waals surface area contributed by atoms with Crippen LogP contribution in [0.15, 0.2) is 48.5 Å². The van der Waals surface area contributed by atoms with Gasteiger partial charge in [-0.15, -0.1) is 0 Å². The van der Waals surface area contributed by atoms with E-state index in [1.165, 1.54) is 10.6 Å². The van der Waals surface area contributed by atoms with Crippen molar-refractivity contribution in [3.63, 3.8) is 0 Å². The van der Waals surface area contributed by atoms with Crippen molar-refractivity contribution in [1.82, 2.24) is 10.2 Å². The predicted molar refractivity (Wildman–Crippen MR) is 149 cm³/mol. The van der Waals surface area contributed by atoms with E-state index in [1.807, 2.05) is 63.2 Å². The van der Waals surface area contributed by atoms with Crippen LogP contribution in [0.4, 0.5) is 5.69 Å². The van der Waals surface area contributed by atoms with Gasteiger partial charge in [-0.1, -0.05) is 62.2 Å². The Labute approximate surface area is 222 Å². The highest BCUT2D eigenvalue weighted by Crippen LogP contribution is 2.26. The smallest absolute Gasteiger partial charge is 0.243 e. The van der Waals surface area contributed by atoms with Gasteiger partial charge >= 0.3 is 0 Å². The number of hydrogen-bond acceptors (Lipinski definition) is 4. The van der Waals surface area contributed by atoms with Crippen molar-refractivity contribution in [2.75, 3.05) is 17.1 Å². The van der Waals surface area contributed by atoms with Crippen molar-refractivity contribution in [3.05, 3.63) is 65.2 Å². The van der Waals surface area contributed by atoms with Crippen molar-refractivity contribution in [2.45, 2.75) is 84.3 Å². The van der Waals surface area contributed by atoms with E-state index in [-0.39, 0.29) is 30.8 Å². The van der Waals surface area contributed by atoms with E-state index >= 15 is 0 Å². The molecule has 1 aliphatic rings. The molecule has 202 valence electrons. The second-order valence-corrected chi connectivity index (χ2v) is 12.0. The van der Waals surface area contributed by atoms with Crippen LogP contribution in [0.25, 0.3) is 0 Å². The van der Waals surface area contributed by atoms with Gasteiger partial charge in [0.15, 0.2) is 0 Å². The standard InChI is InChI=1S/C29H41N3O4S/c1-5-26(29(34)30-25-16-9-10-17-25)31(21-24-14-7-6-8-15-24)28(33)19-12-20-32(37(4,35)36)27-18-11-13-22(2)23(27)3/h6-8,11,13-15,18,25-26H,5,9-10,12,16-17,19-21H2,1-4H3,(H,30,34)/t26-/m1/s1. The molecule has 2 amide bonds. The number of benzene rings is 2. The van der Waals surface area contributed by atoms with Gasteiger partial charge in [0.25, 0.3) is 0 Å². The molecule has 0 saturated heterocycles. The third-order valence-electron chi connectivity index (χ3n) is 7.28. The Balaban J connectivity index is 1.75. The summed E-state index contributed by atoms with van der Waals surface area (Å²) in [7, 11) is -3.53. The maximum absolute atomic E-state index is 13.6. The average molecular weight is 528 g/mol. The first kappa shape index (κ1) is 28.7. The van der Waals surface area contributed by atoms with Gasteiger partial charge in [0.2, 0.25) is 21.8 Å². The summed E-state index contributed by atoms with van der Waals surface area (Å²) in [6.45, 7) is 6.31. The number of sulfonamides is 1. The number of nitrogens with one attached hydrogen (secondary N) is 1. The van der Waals surface area contributed by atoms with Crippen LogP contribution < -0.4 is 9.62 Å². The van der Waals surface area contributed by atoms with Crippen LogP contribution in [-0.4, -0.2) is 50.0 Å². The lowest BCUT2D eigenvalue weighted by molar-refractivity contribution is -0.141. The summed E-state index contributed by atoms with van der Waals surface area (Å²) in [6.07, 6.45) is 6.40. The highest BCUT2D eigenvalue weighted by Gasteiger charge is 2.30. The fourth-order valence-corrected chi connectivity index (χ4v) is 6.07. The van der Waals surface area contributed by atoms with Crippen molar-refractivity contribution in [3.8, 4) is 0 Å². The van der Waals surface area contributed by atoms with E-state index in [4.69, 9.17) is 0 Å².